The zero-order valence-corrected chi connectivity index (χ0v) is 7.16. The predicted molar refractivity (Wildman–Crippen MR) is 46.2 cm³/mol. The summed E-state index contributed by atoms with van der Waals surface area (Å²) in [6.45, 7) is 1.74. The molecule has 2 aliphatic heterocycles. The van der Waals surface area contributed by atoms with Crippen molar-refractivity contribution >= 4 is 5.91 Å². The first kappa shape index (κ1) is 7.40. The van der Waals surface area contributed by atoms with Gasteiger partial charge in [0.15, 0.2) is 0 Å². The van der Waals surface area contributed by atoms with E-state index in [1.54, 1.807) is 4.90 Å². The van der Waals surface area contributed by atoms with E-state index in [-0.39, 0.29) is 5.91 Å². The van der Waals surface area contributed by atoms with Gasteiger partial charge in [-0.15, -0.1) is 0 Å². The number of rotatable bonds is 0. The Labute approximate surface area is 71.9 Å². The number of amides is 1. The number of nitrogens with zero attached hydrogens (tertiary/aromatic N) is 2. The lowest BCUT2D eigenvalue weighted by molar-refractivity contribution is -0.129. The lowest BCUT2D eigenvalue weighted by atomic mass is 10.1. The summed E-state index contributed by atoms with van der Waals surface area (Å²) < 4.78 is 0. The molecule has 64 valence electrons. The van der Waals surface area contributed by atoms with Crippen LogP contribution in [0.2, 0.25) is 0 Å². The Bertz CT molecular complexity index is 268. The van der Waals surface area contributed by atoms with Crippen LogP contribution in [-0.4, -0.2) is 35.8 Å². The third-order valence-corrected chi connectivity index (χ3v) is 2.28. The van der Waals surface area contributed by atoms with E-state index in [2.05, 4.69) is 6.08 Å². The van der Waals surface area contributed by atoms with Crippen molar-refractivity contribution in [2.45, 2.75) is 6.42 Å². The maximum Gasteiger partial charge on any atom is 0.269 e. The molecule has 1 saturated heterocycles. The van der Waals surface area contributed by atoms with E-state index in [1.165, 1.54) is 0 Å². The molecule has 2 heterocycles. The second-order valence-corrected chi connectivity index (χ2v) is 3.13. The average Bonchev–Trinajstić information content (AvgIpc) is 2.12. The fourth-order valence-corrected chi connectivity index (χ4v) is 1.53. The van der Waals surface area contributed by atoms with Crippen molar-refractivity contribution in [2.24, 2.45) is 0 Å². The zero-order chi connectivity index (χ0) is 8.55. The van der Waals surface area contributed by atoms with Crippen molar-refractivity contribution in [3.8, 4) is 0 Å². The standard InChI is InChI=1S/C9H12N2O/c1-10-6-7-11-5-3-2-4-8(11)9(10)12/h3-5H,2,6-7H2,1H3. The number of carbonyl (C=O) groups excluding carboxylic acids is 1. The molecule has 0 aromatic carbocycles. The molecule has 0 radical (unpaired) electrons. The third kappa shape index (κ3) is 1.02. The van der Waals surface area contributed by atoms with Crippen LogP contribution in [-0.2, 0) is 4.79 Å². The molecule has 1 fully saturated rings. The third-order valence-electron chi connectivity index (χ3n) is 2.28. The van der Waals surface area contributed by atoms with Gasteiger partial charge in [-0.25, -0.2) is 0 Å². The zero-order valence-electron chi connectivity index (χ0n) is 7.16. The van der Waals surface area contributed by atoms with Crippen LogP contribution in [0.25, 0.3) is 0 Å². The van der Waals surface area contributed by atoms with E-state index >= 15 is 0 Å². The van der Waals surface area contributed by atoms with E-state index in [4.69, 9.17) is 0 Å². The second-order valence-electron chi connectivity index (χ2n) is 3.13. The Kier molecular flexibility index (Phi) is 1.64. The molecule has 0 aromatic heterocycles. The minimum absolute atomic E-state index is 0.144. The first-order chi connectivity index (χ1) is 5.79. The van der Waals surface area contributed by atoms with Crippen LogP contribution in [0.5, 0.6) is 0 Å². The number of hydrogen-bond donors (Lipinski definition) is 0. The Morgan fingerprint density at radius 1 is 1.42 bits per heavy atom. The first-order valence-corrected chi connectivity index (χ1v) is 4.18. The Morgan fingerprint density at radius 2 is 2.25 bits per heavy atom. The highest BCUT2D eigenvalue weighted by molar-refractivity contribution is 5.93. The van der Waals surface area contributed by atoms with Gasteiger partial charge in [0.05, 0.1) is 0 Å². The molecule has 0 atom stereocenters. The first-order valence-electron chi connectivity index (χ1n) is 4.18. The number of allylic oxidation sites excluding steroid dienone is 2. The SMILES string of the molecule is CN1CCN2C=CCC=C2C1=O. The minimum atomic E-state index is 0.144. The van der Waals surface area contributed by atoms with E-state index < -0.39 is 0 Å². The average molecular weight is 164 g/mol. The second kappa shape index (κ2) is 2.66. The summed E-state index contributed by atoms with van der Waals surface area (Å²) in [5, 5.41) is 0. The van der Waals surface area contributed by atoms with E-state index in [1.807, 2.05) is 24.2 Å². The fraction of sp³-hybridized carbons (Fsp3) is 0.444. The summed E-state index contributed by atoms with van der Waals surface area (Å²) >= 11 is 0. The van der Waals surface area contributed by atoms with Crippen molar-refractivity contribution in [1.29, 1.82) is 0 Å². The highest BCUT2D eigenvalue weighted by atomic mass is 16.2. The fourth-order valence-electron chi connectivity index (χ4n) is 1.53. The summed E-state index contributed by atoms with van der Waals surface area (Å²) in [5.41, 5.74) is 0.839. The topological polar surface area (TPSA) is 23.6 Å². The summed E-state index contributed by atoms with van der Waals surface area (Å²) in [4.78, 5) is 15.3. The maximum atomic E-state index is 11.5. The molecule has 2 aliphatic rings. The van der Waals surface area contributed by atoms with Gasteiger partial charge < -0.3 is 9.80 Å². The van der Waals surface area contributed by atoms with Gasteiger partial charge in [-0.2, -0.15) is 0 Å². The number of hydrogen-bond acceptors (Lipinski definition) is 2. The lowest BCUT2D eigenvalue weighted by Gasteiger charge is -2.34. The molecule has 0 unspecified atom stereocenters. The molecule has 0 N–H and O–H groups in total. The van der Waals surface area contributed by atoms with Gasteiger partial charge in [0.25, 0.3) is 5.91 Å². The number of piperazine rings is 1. The molecule has 0 saturated carbocycles. The summed E-state index contributed by atoms with van der Waals surface area (Å²) in [5.74, 6) is 0.144. The van der Waals surface area contributed by atoms with Crippen molar-refractivity contribution < 1.29 is 4.79 Å². The molecule has 0 spiro atoms. The molecular weight excluding hydrogens is 152 g/mol. The van der Waals surface area contributed by atoms with Gasteiger partial charge in [-0.1, -0.05) is 12.2 Å². The van der Waals surface area contributed by atoms with Crippen LogP contribution in [0.1, 0.15) is 6.42 Å². The van der Waals surface area contributed by atoms with E-state index in [0.29, 0.717) is 0 Å². The predicted octanol–water partition coefficient (Wildman–Crippen LogP) is 0.562. The monoisotopic (exact) mass is 164 g/mol. The summed E-state index contributed by atoms with van der Waals surface area (Å²) in [6, 6.07) is 0. The normalized spacial score (nSPS) is 22.4. The lowest BCUT2D eigenvalue weighted by Crippen LogP contribution is -2.45. The molecular formula is C9H12N2O. The maximum absolute atomic E-state index is 11.5. The molecule has 3 nitrogen and oxygen atoms in total. The van der Waals surface area contributed by atoms with Gasteiger partial charge in [0, 0.05) is 26.3 Å². The van der Waals surface area contributed by atoms with Crippen LogP contribution >= 0.6 is 0 Å². The van der Waals surface area contributed by atoms with Crippen LogP contribution in [0, 0.1) is 0 Å². The molecule has 0 aromatic rings. The molecule has 12 heavy (non-hydrogen) atoms. The van der Waals surface area contributed by atoms with Crippen LogP contribution in [0.3, 0.4) is 0 Å². The Balaban J connectivity index is 2.25. The molecule has 0 bridgehead atoms. The van der Waals surface area contributed by atoms with E-state index in [0.717, 1.165) is 25.2 Å². The molecule has 1 amide bonds. The smallest absolute Gasteiger partial charge is 0.269 e. The van der Waals surface area contributed by atoms with Crippen molar-refractivity contribution in [1.82, 2.24) is 9.80 Å². The van der Waals surface area contributed by atoms with Crippen molar-refractivity contribution in [2.75, 3.05) is 20.1 Å². The van der Waals surface area contributed by atoms with Crippen LogP contribution < -0.4 is 0 Å². The highest BCUT2D eigenvalue weighted by Gasteiger charge is 2.25. The molecule has 2 rings (SSSR count). The largest absolute Gasteiger partial charge is 0.342 e. The Morgan fingerprint density at radius 3 is 3.08 bits per heavy atom. The Hall–Kier alpha value is -1.25. The highest BCUT2D eigenvalue weighted by Crippen LogP contribution is 2.18. The van der Waals surface area contributed by atoms with Gasteiger partial charge >= 0.3 is 0 Å². The quantitative estimate of drug-likeness (QED) is 0.522. The minimum Gasteiger partial charge on any atom is -0.342 e. The summed E-state index contributed by atoms with van der Waals surface area (Å²) in [7, 11) is 1.85. The van der Waals surface area contributed by atoms with Gasteiger partial charge in [-0.05, 0) is 6.42 Å². The summed E-state index contributed by atoms with van der Waals surface area (Å²) in [6.07, 6.45) is 6.94. The number of fused-ring (bicyclic) bond motifs is 1. The molecule has 0 aliphatic carbocycles. The van der Waals surface area contributed by atoms with Gasteiger partial charge in [0.2, 0.25) is 0 Å². The van der Waals surface area contributed by atoms with Crippen LogP contribution in [0.4, 0.5) is 0 Å². The number of carbonyl (C=O) groups is 1. The van der Waals surface area contributed by atoms with Crippen LogP contribution in [0.15, 0.2) is 24.0 Å². The van der Waals surface area contributed by atoms with Crippen molar-refractivity contribution in [3.63, 3.8) is 0 Å². The molecule has 3 heteroatoms. The van der Waals surface area contributed by atoms with Crippen molar-refractivity contribution in [3.05, 3.63) is 24.0 Å². The van der Waals surface area contributed by atoms with E-state index in [9.17, 15) is 4.79 Å². The number of likely N-dealkylation sites (N-methyl/N-ethyl adjacent to an activating group) is 1. The van der Waals surface area contributed by atoms with Gasteiger partial charge in [0.1, 0.15) is 5.70 Å². The van der Waals surface area contributed by atoms with Gasteiger partial charge in [-0.3, -0.25) is 4.79 Å².